The zero-order chi connectivity index (χ0) is 11.8. The minimum absolute atomic E-state index is 0. The van der Waals surface area contributed by atoms with Crippen LogP contribution in [0.25, 0.3) is 0 Å². The molecular weight excluding hydrogens is 244 g/mol. The van der Waals surface area contributed by atoms with Crippen molar-refractivity contribution < 1.29 is 0 Å². The molecule has 2 saturated carbocycles. The first kappa shape index (κ1) is 13.7. The number of rotatable bonds is 5. The number of hydrogen-bond acceptors (Lipinski definition) is 2. The summed E-state index contributed by atoms with van der Waals surface area (Å²) in [6.45, 7) is 3.48. The lowest BCUT2D eigenvalue weighted by Gasteiger charge is -2.29. The SMILES string of the molecule is CC(C1CC1)N(Cc1cccc(N)c1)C1CC1.Cl. The minimum Gasteiger partial charge on any atom is -0.399 e. The number of halogens is 1. The predicted molar refractivity (Wildman–Crippen MR) is 78.9 cm³/mol. The molecule has 0 heterocycles. The van der Waals surface area contributed by atoms with Crippen molar-refractivity contribution in [2.45, 2.75) is 51.2 Å². The molecule has 0 bridgehead atoms. The highest BCUT2D eigenvalue weighted by Crippen LogP contribution is 2.40. The second kappa shape index (κ2) is 5.50. The lowest BCUT2D eigenvalue weighted by molar-refractivity contribution is 0.171. The second-order valence-corrected chi connectivity index (χ2v) is 5.73. The van der Waals surface area contributed by atoms with Gasteiger partial charge in [-0.1, -0.05) is 12.1 Å². The van der Waals surface area contributed by atoms with E-state index in [1.807, 2.05) is 6.07 Å². The molecule has 2 nitrogen and oxygen atoms in total. The van der Waals surface area contributed by atoms with Gasteiger partial charge in [0.15, 0.2) is 0 Å². The van der Waals surface area contributed by atoms with Gasteiger partial charge in [-0.15, -0.1) is 12.4 Å². The zero-order valence-corrected chi connectivity index (χ0v) is 11.8. The molecule has 0 amide bonds. The van der Waals surface area contributed by atoms with Gasteiger partial charge in [0.2, 0.25) is 0 Å². The van der Waals surface area contributed by atoms with E-state index in [4.69, 9.17) is 5.73 Å². The number of anilines is 1. The molecule has 2 N–H and O–H groups in total. The molecule has 0 saturated heterocycles. The predicted octanol–water partition coefficient (Wildman–Crippen LogP) is 3.45. The number of hydrogen-bond donors (Lipinski definition) is 1. The number of nitrogens with zero attached hydrogens (tertiary/aromatic N) is 1. The Balaban J connectivity index is 0.00000120. The zero-order valence-electron chi connectivity index (χ0n) is 11.0. The molecule has 2 aliphatic carbocycles. The van der Waals surface area contributed by atoms with E-state index in [2.05, 4.69) is 30.0 Å². The van der Waals surface area contributed by atoms with Gasteiger partial charge in [0.1, 0.15) is 0 Å². The minimum atomic E-state index is 0. The summed E-state index contributed by atoms with van der Waals surface area (Å²) in [6.07, 6.45) is 5.64. The standard InChI is InChI=1S/C15H22N2.ClH/c1-11(13-5-6-13)17(15-7-8-15)10-12-3-2-4-14(16)9-12;/h2-4,9,11,13,15H,5-8,10,16H2,1H3;1H. The third kappa shape index (κ3) is 3.18. The van der Waals surface area contributed by atoms with E-state index >= 15 is 0 Å². The van der Waals surface area contributed by atoms with Gasteiger partial charge in [0.05, 0.1) is 0 Å². The van der Waals surface area contributed by atoms with Gasteiger partial charge in [-0.3, -0.25) is 4.90 Å². The van der Waals surface area contributed by atoms with Crippen LogP contribution in [-0.2, 0) is 6.54 Å². The van der Waals surface area contributed by atoms with Crippen LogP contribution in [0.4, 0.5) is 5.69 Å². The molecule has 0 radical (unpaired) electrons. The molecule has 2 fully saturated rings. The van der Waals surface area contributed by atoms with Crippen LogP contribution in [0.3, 0.4) is 0 Å². The Labute approximate surface area is 116 Å². The van der Waals surface area contributed by atoms with E-state index in [1.165, 1.54) is 31.2 Å². The van der Waals surface area contributed by atoms with E-state index in [9.17, 15) is 0 Å². The van der Waals surface area contributed by atoms with E-state index < -0.39 is 0 Å². The van der Waals surface area contributed by atoms with Gasteiger partial charge in [0, 0.05) is 24.3 Å². The molecule has 1 atom stereocenters. The molecule has 0 spiro atoms. The summed E-state index contributed by atoms with van der Waals surface area (Å²) < 4.78 is 0. The van der Waals surface area contributed by atoms with Crippen molar-refractivity contribution in [3.8, 4) is 0 Å². The summed E-state index contributed by atoms with van der Waals surface area (Å²) in [5.41, 5.74) is 8.11. The Hall–Kier alpha value is -0.730. The maximum atomic E-state index is 5.86. The smallest absolute Gasteiger partial charge is 0.0317 e. The van der Waals surface area contributed by atoms with Crippen molar-refractivity contribution in [3.63, 3.8) is 0 Å². The van der Waals surface area contributed by atoms with Crippen molar-refractivity contribution in [2.24, 2.45) is 5.92 Å². The lowest BCUT2D eigenvalue weighted by atomic mass is 10.1. The van der Waals surface area contributed by atoms with Crippen LogP contribution in [0.15, 0.2) is 24.3 Å². The Morgan fingerprint density at radius 3 is 2.56 bits per heavy atom. The van der Waals surface area contributed by atoms with Crippen LogP contribution in [0.2, 0.25) is 0 Å². The van der Waals surface area contributed by atoms with Crippen molar-refractivity contribution >= 4 is 18.1 Å². The van der Waals surface area contributed by atoms with Gasteiger partial charge in [0.25, 0.3) is 0 Å². The molecule has 0 aromatic heterocycles. The van der Waals surface area contributed by atoms with Gasteiger partial charge in [-0.2, -0.15) is 0 Å². The number of nitrogen functional groups attached to an aromatic ring is 1. The highest BCUT2D eigenvalue weighted by atomic mass is 35.5. The van der Waals surface area contributed by atoms with Crippen molar-refractivity contribution in [1.82, 2.24) is 4.90 Å². The Bertz CT molecular complexity index is 399. The summed E-state index contributed by atoms with van der Waals surface area (Å²) in [5, 5.41) is 0. The summed E-state index contributed by atoms with van der Waals surface area (Å²) in [7, 11) is 0. The van der Waals surface area contributed by atoms with Gasteiger partial charge < -0.3 is 5.73 Å². The summed E-state index contributed by atoms with van der Waals surface area (Å²) in [5.74, 6) is 0.955. The number of benzene rings is 1. The Morgan fingerprint density at radius 2 is 2.00 bits per heavy atom. The first-order valence-electron chi connectivity index (χ1n) is 6.84. The molecule has 18 heavy (non-hydrogen) atoms. The van der Waals surface area contributed by atoms with Crippen LogP contribution in [0, 0.1) is 5.92 Å². The van der Waals surface area contributed by atoms with Crippen molar-refractivity contribution in [2.75, 3.05) is 5.73 Å². The van der Waals surface area contributed by atoms with Crippen molar-refractivity contribution in [1.29, 1.82) is 0 Å². The van der Waals surface area contributed by atoms with Crippen LogP contribution in [0.1, 0.15) is 38.2 Å². The summed E-state index contributed by atoms with van der Waals surface area (Å²) >= 11 is 0. The van der Waals surface area contributed by atoms with Crippen molar-refractivity contribution in [3.05, 3.63) is 29.8 Å². The van der Waals surface area contributed by atoms with E-state index in [0.29, 0.717) is 0 Å². The highest BCUT2D eigenvalue weighted by molar-refractivity contribution is 5.85. The molecule has 0 aliphatic heterocycles. The average molecular weight is 267 g/mol. The molecule has 1 aromatic rings. The van der Waals surface area contributed by atoms with E-state index in [0.717, 1.165) is 30.2 Å². The molecular formula is C15H23ClN2. The van der Waals surface area contributed by atoms with Gasteiger partial charge in [-0.25, -0.2) is 0 Å². The first-order chi connectivity index (χ1) is 8.24. The molecule has 1 aromatic carbocycles. The summed E-state index contributed by atoms with van der Waals surface area (Å²) in [4.78, 5) is 2.70. The van der Waals surface area contributed by atoms with Crippen LogP contribution in [0.5, 0.6) is 0 Å². The Kier molecular flexibility index (Phi) is 4.18. The lowest BCUT2D eigenvalue weighted by Crippen LogP contribution is -2.36. The topological polar surface area (TPSA) is 29.3 Å². The molecule has 1 unspecified atom stereocenters. The fraction of sp³-hybridized carbons (Fsp3) is 0.600. The van der Waals surface area contributed by atoms with E-state index in [1.54, 1.807) is 0 Å². The van der Waals surface area contributed by atoms with Crippen LogP contribution in [-0.4, -0.2) is 17.0 Å². The van der Waals surface area contributed by atoms with Gasteiger partial charge in [-0.05, 0) is 56.2 Å². The van der Waals surface area contributed by atoms with Crippen LogP contribution >= 0.6 is 12.4 Å². The Morgan fingerprint density at radius 1 is 1.28 bits per heavy atom. The monoisotopic (exact) mass is 266 g/mol. The largest absolute Gasteiger partial charge is 0.399 e. The number of nitrogens with two attached hydrogens (primary N) is 1. The maximum Gasteiger partial charge on any atom is 0.0317 e. The second-order valence-electron chi connectivity index (χ2n) is 5.73. The molecule has 100 valence electrons. The molecule has 3 heteroatoms. The fourth-order valence-electron chi connectivity index (χ4n) is 2.76. The van der Waals surface area contributed by atoms with Crippen LogP contribution < -0.4 is 5.73 Å². The normalized spacial score (nSPS) is 20.6. The summed E-state index contributed by atoms with van der Waals surface area (Å²) in [6, 6.07) is 9.95. The molecule has 2 aliphatic rings. The maximum absolute atomic E-state index is 5.86. The third-order valence-corrected chi connectivity index (χ3v) is 4.16. The van der Waals surface area contributed by atoms with E-state index in [-0.39, 0.29) is 12.4 Å². The average Bonchev–Trinajstić information content (AvgIpc) is 3.18. The quantitative estimate of drug-likeness (QED) is 0.827. The fourth-order valence-corrected chi connectivity index (χ4v) is 2.76. The first-order valence-corrected chi connectivity index (χ1v) is 6.84. The molecule has 3 rings (SSSR count). The third-order valence-electron chi connectivity index (χ3n) is 4.16. The highest BCUT2D eigenvalue weighted by Gasteiger charge is 2.38. The van der Waals surface area contributed by atoms with Gasteiger partial charge >= 0.3 is 0 Å².